The fraction of sp³-hybridized carbons (Fsp3) is 0.625. The average molecular weight is 252 g/mol. The highest BCUT2D eigenvalue weighted by atomic mass is 35.5. The van der Waals surface area contributed by atoms with Gasteiger partial charge in [0.15, 0.2) is 5.03 Å². The number of rotatable bonds is 6. The predicted octanol–water partition coefficient (Wildman–Crippen LogP) is 1.05. The third kappa shape index (κ3) is 2.93. The summed E-state index contributed by atoms with van der Waals surface area (Å²) in [5.74, 6) is 0.453. The number of aromatic nitrogens is 2. The first-order valence-corrected chi connectivity index (χ1v) is 6.65. The molecule has 0 atom stereocenters. The Kier molecular flexibility index (Phi) is 4.56. The Labute approximate surface area is 94.5 Å². The molecule has 0 bridgehead atoms. The van der Waals surface area contributed by atoms with Crippen molar-refractivity contribution in [3.05, 3.63) is 12.5 Å². The van der Waals surface area contributed by atoms with Gasteiger partial charge in [-0.1, -0.05) is 6.92 Å². The van der Waals surface area contributed by atoms with E-state index in [0.29, 0.717) is 25.4 Å². The van der Waals surface area contributed by atoms with Gasteiger partial charge in [0.2, 0.25) is 0 Å². The quantitative estimate of drug-likeness (QED) is 0.769. The van der Waals surface area contributed by atoms with Gasteiger partial charge in [-0.2, -0.15) is 4.31 Å². The summed E-state index contributed by atoms with van der Waals surface area (Å²) in [6, 6.07) is 0. The van der Waals surface area contributed by atoms with Crippen LogP contribution in [0, 0.1) is 0 Å². The van der Waals surface area contributed by atoms with Gasteiger partial charge in [0.1, 0.15) is 0 Å². The average Bonchev–Trinajstić information content (AvgIpc) is 2.72. The van der Waals surface area contributed by atoms with Crippen LogP contribution in [0.3, 0.4) is 0 Å². The molecule has 0 saturated carbocycles. The monoisotopic (exact) mass is 251 g/mol. The van der Waals surface area contributed by atoms with Crippen LogP contribution in [-0.2, 0) is 10.0 Å². The van der Waals surface area contributed by atoms with Gasteiger partial charge in [-0.05, 0) is 6.42 Å². The Morgan fingerprint density at radius 2 is 2.33 bits per heavy atom. The van der Waals surface area contributed by atoms with Crippen LogP contribution in [0.15, 0.2) is 17.6 Å². The zero-order valence-corrected chi connectivity index (χ0v) is 10.1. The number of nitrogens with zero attached hydrogens (tertiary/aromatic N) is 2. The van der Waals surface area contributed by atoms with Gasteiger partial charge in [0.25, 0.3) is 10.0 Å². The van der Waals surface area contributed by atoms with E-state index in [-0.39, 0.29) is 5.03 Å². The molecule has 7 heteroatoms. The second-order valence-corrected chi connectivity index (χ2v) is 5.24. The summed E-state index contributed by atoms with van der Waals surface area (Å²) in [5.41, 5.74) is 0. The number of hydrogen-bond donors (Lipinski definition) is 1. The lowest BCUT2D eigenvalue weighted by atomic mass is 10.5. The minimum absolute atomic E-state index is 0.124. The molecule has 1 rings (SSSR count). The Hall–Kier alpha value is -0.590. The van der Waals surface area contributed by atoms with Crippen LogP contribution >= 0.6 is 11.6 Å². The molecular formula is C8H14ClN3O2S. The molecule has 0 unspecified atom stereocenters. The first kappa shape index (κ1) is 12.5. The summed E-state index contributed by atoms with van der Waals surface area (Å²) in [6.45, 7) is 2.65. The molecule has 0 fully saturated rings. The number of imidazole rings is 1. The van der Waals surface area contributed by atoms with Crippen LogP contribution in [0.25, 0.3) is 0 Å². The van der Waals surface area contributed by atoms with Crippen molar-refractivity contribution < 1.29 is 8.42 Å². The van der Waals surface area contributed by atoms with Crippen molar-refractivity contribution in [2.45, 2.75) is 18.4 Å². The molecule has 0 aliphatic rings. The maximum absolute atomic E-state index is 11.9. The van der Waals surface area contributed by atoms with Crippen molar-refractivity contribution in [3.8, 4) is 0 Å². The van der Waals surface area contributed by atoms with E-state index >= 15 is 0 Å². The number of sulfonamides is 1. The first-order chi connectivity index (χ1) is 7.12. The van der Waals surface area contributed by atoms with Gasteiger partial charge in [0, 0.05) is 19.0 Å². The molecule has 15 heavy (non-hydrogen) atoms. The molecule has 0 saturated heterocycles. The van der Waals surface area contributed by atoms with Crippen molar-refractivity contribution >= 4 is 21.6 Å². The number of halogens is 1. The molecule has 0 aliphatic heterocycles. The van der Waals surface area contributed by atoms with Crippen LogP contribution < -0.4 is 0 Å². The van der Waals surface area contributed by atoms with E-state index in [1.54, 1.807) is 6.92 Å². The molecular weight excluding hydrogens is 238 g/mol. The molecule has 1 N–H and O–H groups in total. The molecule has 86 valence electrons. The molecule has 0 amide bonds. The maximum Gasteiger partial charge on any atom is 0.260 e. The fourth-order valence-corrected chi connectivity index (χ4v) is 2.71. The van der Waals surface area contributed by atoms with Crippen molar-refractivity contribution in [2.75, 3.05) is 19.0 Å². The van der Waals surface area contributed by atoms with Crippen molar-refractivity contribution in [1.82, 2.24) is 14.3 Å². The highest BCUT2D eigenvalue weighted by Crippen LogP contribution is 2.12. The summed E-state index contributed by atoms with van der Waals surface area (Å²) in [5, 5.41) is 0.124. The summed E-state index contributed by atoms with van der Waals surface area (Å²) in [7, 11) is -3.42. The Bertz CT molecular complexity index is 377. The van der Waals surface area contributed by atoms with Crippen molar-refractivity contribution in [1.29, 1.82) is 0 Å². The van der Waals surface area contributed by atoms with Crippen molar-refractivity contribution in [3.63, 3.8) is 0 Å². The topological polar surface area (TPSA) is 66.1 Å². The predicted molar refractivity (Wildman–Crippen MR) is 58.4 cm³/mol. The summed E-state index contributed by atoms with van der Waals surface area (Å²) < 4.78 is 25.3. The molecule has 0 spiro atoms. The minimum atomic E-state index is -3.42. The Morgan fingerprint density at radius 1 is 1.60 bits per heavy atom. The summed E-state index contributed by atoms with van der Waals surface area (Å²) in [6.07, 6.45) is 3.30. The number of H-pyrrole nitrogens is 1. The van der Waals surface area contributed by atoms with Gasteiger partial charge >= 0.3 is 0 Å². The SMILES string of the molecule is CCN(CCCCl)S(=O)(=O)c1cnc[nH]1. The lowest BCUT2D eigenvalue weighted by Gasteiger charge is -2.18. The highest BCUT2D eigenvalue weighted by molar-refractivity contribution is 7.89. The second-order valence-electron chi connectivity index (χ2n) is 2.96. The van der Waals surface area contributed by atoms with E-state index < -0.39 is 10.0 Å². The molecule has 1 heterocycles. The van der Waals surface area contributed by atoms with Gasteiger partial charge in [-0.15, -0.1) is 11.6 Å². The first-order valence-electron chi connectivity index (χ1n) is 4.67. The van der Waals surface area contributed by atoms with E-state index in [2.05, 4.69) is 9.97 Å². The third-order valence-electron chi connectivity index (χ3n) is 1.98. The van der Waals surface area contributed by atoms with Gasteiger partial charge in [-0.25, -0.2) is 13.4 Å². The smallest absolute Gasteiger partial charge is 0.260 e. The number of alkyl halides is 1. The lowest BCUT2D eigenvalue weighted by molar-refractivity contribution is 0.426. The molecule has 0 radical (unpaired) electrons. The maximum atomic E-state index is 11.9. The van der Waals surface area contributed by atoms with Crippen LogP contribution in [0.5, 0.6) is 0 Å². The van der Waals surface area contributed by atoms with E-state index in [4.69, 9.17) is 11.6 Å². The third-order valence-corrected chi connectivity index (χ3v) is 4.15. The molecule has 1 aromatic heterocycles. The van der Waals surface area contributed by atoms with Crippen LogP contribution in [-0.4, -0.2) is 41.7 Å². The van der Waals surface area contributed by atoms with E-state index in [9.17, 15) is 8.42 Å². The van der Waals surface area contributed by atoms with Crippen molar-refractivity contribution in [2.24, 2.45) is 0 Å². The molecule has 0 aromatic carbocycles. The van der Waals surface area contributed by atoms with Gasteiger partial charge in [0.05, 0.1) is 12.5 Å². The summed E-state index contributed by atoms with van der Waals surface area (Å²) in [4.78, 5) is 6.29. The number of hydrogen-bond acceptors (Lipinski definition) is 3. The summed E-state index contributed by atoms with van der Waals surface area (Å²) >= 11 is 5.54. The lowest BCUT2D eigenvalue weighted by Crippen LogP contribution is -2.32. The number of nitrogens with one attached hydrogen (secondary N) is 1. The van der Waals surface area contributed by atoms with Gasteiger partial charge < -0.3 is 4.98 Å². The van der Waals surface area contributed by atoms with Crippen LogP contribution in [0.2, 0.25) is 0 Å². The zero-order valence-electron chi connectivity index (χ0n) is 8.48. The standard InChI is InChI=1S/C8H14ClN3O2S/c1-2-12(5-3-4-9)15(13,14)8-6-10-7-11-8/h6-7H,2-5H2,1H3,(H,10,11). The van der Waals surface area contributed by atoms with Crippen LogP contribution in [0.1, 0.15) is 13.3 Å². The normalized spacial score (nSPS) is 12.2. The molecule has 1 aromatic rings. The zero-order chi connectivity index (χ0) is 11.3. The minimum Gasteiger partial charge on any atom is -0.335 e. The Balaban J connectivity index is 2.83. The number of aromatic amines is 1. The Morgan fingerprint density at radius 3 is 2.80 bits per heavy atom. The van der Waals surface area contributed by atoms with E-state index in [0.717, 1.165) is 0 Å². The highest BCUT2D eigenvalue weighted by Gasteiger charge is 2.23. The molecule has 5 nitrogen and oxygen atoms in total. The molecule has 0 aliphatic carbocycles. The van der Waals surface area contributed by atoms with E-state index in [1.165, 1.54) is 16.8 Å². The fourth-order valence-electron chi connectivity index (χ4n) is 1.21. The van der Waals surface area contributed by atoms with Gasteiger partial charge in [-0.3, -0.25) is 0 Å². The second kappa shape index (κ2) is 5.48. The van der Waals surface area contributed by atoms with E-state index in [1.807, 2.05) is 0 Å². The van der Waals surface area contributed by atoms with Crippen LogP contribution in [0.4, 0.5) is 0 Å². The largest absolute Gasteiger partial charge is 0.335 e.